The van der Waals surface area contributed by atoms with Crippen LogP contribution >= 0.6 is 11.6 Å². The zero-order valence-corrected chi connectivity index (χ0v) is 80.1. The van der Waals surface area contributed by atoms with E-state index in [2.05, 4.69) is 181 Å². The van der Waals surface area contributed by atoms with Gasteiger partial charge in [-0.05, 0) is 162 Å². The van der Waals surface area contributed by atoms with E-state index in [9.17, 15) is 38.7 Å². The summed E-state index contributed by atoms with van der Waals surface area (Å²) in [5.41, 5.74) is 14.2. The first kappa shape index (κ1) is 113. The molecular formula is C116H130AlBClN13O10. The number of para-hydroxylation sites is 10. The summed E-state index contributed by atoms with van der Waals surface area (Å²) in [6.07, 6.45) is 3.20. The summed E-state index contributed by atoms with van der Waals surface area (Å²) < 4.78 is 26.6. The first-order chi connectivity index (χ1) is 65.4. The molecule has 8 heterocycles. The summed E-state index contributed by atoms with van der Waals surface area (Å²) in [5.74, 6) is -1.18. The fraction of sp³-hybridized carbons (Fsp3) is 0.259. The number of aromatic nitrogens is 8. The van der Waals surface area contributed by atoms with E-state index < -0.39 is 22.4 Å². The number of ketones is 1. The average Bonchev–Trinajstić information content (AvgIpc) is 1.39. The van der Waals surface area contributed by atoms with Crippen LogP contribution in [0.3, 0.4) is 0 Å². The zero-order valence-electron chi connectivity index (χ0n) is 78.2. The molecule has 732 valence electrons. The standard InChI is InChI=1S/C41H38N4O3.C25H21N3O3.C21H17N3O2.C14H11N.C6H15N.C3H3ClO2.6CH4.Al.B.HN/c1-5-41(3,25-26(2)44-34-18-9-6-13-27(34)28-14-7-10-19-35(28)44)40(47)48-24-23-43(4)33-22-21-31-37-29(33)15-12-16-30(37)38-42-32-17-8-11-20-36(32)45(38)39(31)46;1-15(2)25(30)31-14-13-27(3)20-12-11-18-22-16(20)7-6-8-17(22)23-26-19-9-4-5-10-21(19)28(23)24(18)29;1-23(11-12-25)17-10-9-15-19-13(17)5-4-6-14(19)20-22-16-7-2-3-8-18(16)24(20)21(15)26;1-2-15-13-9-5-3-7-11(13)12-8-4-6-10-14(12)15;1-4-7(5-2)6-3;1-2(5)3(4)6;;;;;;;;;/h6-22,26H,5,23-25H2,1-4H3;4-12H,1,13-14H2,2-3H3;2-10,25H,11-12H2,1H3;2-10H,1H2;4-6H2,1-3H3;1H3;6*1H4;;;1H. The number of aliphatic hydroxyl groups excluding tert-OH is 1. The van der Waals surface area contributed by atoms with Crippen molar-refractivity contribution in [1.29, 1.82) is 4.35 Å². The molecule has 0 aliphatic heterocycles. The third-order valence-corrected chi connectivity index (χ3v) is 25.9. The van der Waals surface area contributed by atoms with E-state index >= 15 is 0 Å². The number of anilines is 3. The van der Waals surface area contributed by atoms with Crippen molar-refractivity contribution in [3.63, 3.8) is 0 Å². The number of hydrogen-bond acceptors (Lipinski definition) is 18. The molecule has 21 aromatic rings. The Hall–Kier alpha value is -14.6. The SMILES string of the molecule is C.C.C.C.C.C.C=C(C)C(=O)OCCN(C)c1ccc2c(=O)n3c4ccccc4nc3c3cccc1c23.C=Cn1c2ccccc2c2ccccc21.CC(=O)C(=O)Cl.CCC(C)(CC(C)n1c2ccccc2c2ccccc21)C(=O)OCCN(C)c1ccc2c(=O)n3c4ccccc4nc3c3cccc1c23.CCN(CC)CC.CN(CCO)c1ccc2c(=O)n3c4ccccc4nc3c3cccc1c23.[B].[NH]=[Al]. The van der Waals surface area contributed by atoms with E-state index in [1.807, 2.05) is 202 Å². The van der Waals surface area contributed by atoms with E-state index in [4.69, 9.17) is 28.8 Å². The van der Waals surface area contributed by atoms with Crippen LogP contribution < -0.4 is 31.4 Å². The second-order valence-corrected chi connectivity index (χ2v) is 34.1. The maximum atomic E-state index is 13.8. The third-order valence-electron chi connectivity index (χ3n) is 25.6. The molecule has 0 bridgehead atoms. The predicted molar refractivity (Wildman–Crippen MR) is 602 cm³/mol. The molecule has 8 aromatic heterocycles. The van der Waals surface area contributed by atoms with Gasteiger partial charge in [-0.3, -0.25) is 42.0 Å². The molecule has 23 nitrogen and oxygen atoms in total. The van der Waals surface area contributed by atoms with Crippen LogP contribution in [0.25, 0.3) is 164 Å². The number of nitrogens with zero attached hydrogens (tertiary/aromatic N) is 12. The van der Waals surface area contributed by atoms with Gasteiger partial charge in [-0.1, -0.05) is 249 Å². The van der Waals surface area contributed by atoms with Crippen LogP contribution in [0.5, 0.6) is 0 Å². The number of carbonyl (C=O) groups excluding carboxylic acids is 4. The molecule has 0 aliphatic rings. The van der Waals surface area contributed by atoms with Gasteiger partial charge in [-0.25, -0.2) is 19.7 Å². The summed E-state index contributed by atoms with van der Waals surface area (Å²) in [5, 5.41) is 23.9. The topological polar surface area (TPSA) is 257 Å². The maximum absolute atomic E-state index is 13.8. The first-order valence-corrected chi connectivity index (χ1v) is 46.1. The summed E-state index contributed by atoms with van der Waals surface area (Å²) in [6, 6.07) is 86.7. The number of Topliss-reactive ketones (excluding diaryl/α,β-unsaturated/α-hetero) is 1. The number of fused-ring (bicyclic) bond motifs is 18. The quantitative estimate of drug-likeness (QED) is 0.0210. The molecule has 0 saturated heterocycles. The van der Waals surface area contributed by atoms with Gasteiger partial charge in [-0.15, -0.1) is 0 Å². The van der Waals surface area contributed by atoms with Crippen LogP contribution in [0, 0.1) is 9.76 Å². The monoisotopic (exact) mass is 1940 g/mol. The molecule has 2 atom stereocenters. The molecule has 26 heteroatoms. The Morgan fingerprint density at radius 2 is 0.725 bits per heavy atom. The fourth-order valence-electron chi connectivity index (χ4n) is 18.6. The van der Waals surface area contributed by atoms with Crippen molar-refractivity contribution in [3.8, 4) is 0 Å². The van der Waals surface area contributed by atoms with Crippen molar-refractivity contribution in [1.82, 2.24) is 42.2 Å². The van der Waals surface area contributed by atoms with Gasteiger partial charge >= 0.3 is 32.4 Å². The van der Waals surface area contributed by atoms with Gasteiger partial charge in [0.05, 0.1) is 69.2 Å². The van der Waals surface area contributed by atoms with E-state index in [0.29, 0.717) is 71.1 Å². The molecule has 0 spiro atoms. The van der Waals surface area contributed by atoms with Gasteiger partial charge in [0.15, 0.2) is 0 Å². The molecule has 0 aliphatic carbocycles. The van der Waals surface area contributed by atoms with Crippen molar-refractivity contribution in [2.75, 3.05) is 94.9 Å². The Morgan fingerprint density at radius 1 is 0.437 bits per heavy atom. The number of esters is 2. The average molecular weight is 1940 g/mol. The molecule has 0 amide bonds. The van der Waals surface area contributed by atoms with Crippen LogP contribution in [0.4, 0.5) is 17.1 Å². The molecular weight excluding hydrogens is 1810 g/mol. The van der Waals surface area contributed by atoms with Gasteiger partial charge in [-0.2, -0.15) is 0 Å². The van der Waals surface area contributed by atoms with Crippen molar-refractivity contribution in [2.45, 2.75) is 119 Å². The predicted octanol–water partition coefficient (Wildman–Crippen LogP) is 24.9. The van der Waals surface area contributed by atoms with Crippen molar-refractivity contribution >= 4 is 241 Å². The van der Waals surface area contributed by atoms with Gasteiger partial charge in [0, 0.05) is 175 Å². The Balaban J connectivity index is 0.000000229. The molecule has 0 saturated carbocycles. The third kappa shape index (κ3) is 21.5. The molecule has 4 radical (unpaired) electrons. The summed E-state index contributed by atoms with van der Waals surface area (Å²) in [6.45, 7) is 28.8. The normalized spacial score (nSPS) is 11.4. The van der Waals surface area contributed by atoms with Crippen LogP contribution in [0.15, 0.2) is 294 Å². The molecule has 142 heavy (non-hydrogen) atoms. The molecule has 2 unspecified atom stereocenters. The van der Waals surface area contributed by atoms with E-state index in [1.165, 1.54) is 63.2 Å². The first-order valence-electron chi connectivity index (χ1n) is 45.2. The van der Waals surface area contributed by atoms with Gasteiger partial charge in [0.25, 0.3) is 21.9 Å². The number of rotatable bonds is 22. The Kier molecular flexibility index (Phi) is 38.9. The summed E-state index contributed by atoms with van der Waals surface area (Å²) in [4.78, 5) is 108. The minimum absolute atomic E-state index is 0. The second-order valence-electron chi connectivity index (χ2n) is 33.7. The van der Waals surface area contributed by atoms with Gasteiger partial charge in [0.2, 0.25) is 5.78 Å². The second kappa shape index (κ2) is 49.0. The number of hydrogen-bond donors (Lipinski definition) is 2. The number of aliphatic hydroxyl groups is 1. The Bertz CT molecular complexity index is 8160. The Morgan fingerprint density at radius 3 is 1.03 bits per heavy atom. The summed E-state index contributed by atoms with van der Waals surface area (Å²) in [7, 11) is 5.89. The molecule has 2 N–H and O–H groups in total. The van der Waals surface area contributed by atoms with Crippen molar-refractivity contribution in [3.05, 3.63) is 311 Å². The van der Waals surface area contributed by atoms with Gasteiger partial charge < -0.3 is 43.3 Å². The number of pyridine rings is 3. The number of halogens is 1. The number of likely N-dealkylation sites (N-methyl/N-ethyl adjacent to an activating group) is 3. The van der Waals surface area contributed by atoms with E-state index in [-0.39, 0.29) is 101 Å². The molecule has 13 aromatic carbocycles. The molecule has 21 rings (SSSR count). The zero-order chi connectivity index (χ0) is 95.8. The number of benzene rings is 13. The summed E-state index contributed by atoms with van der Waals surface area (Å²) >= 11 is 6.29. The van der Waals surface area contributed by atoms with Gasteiger partial charge in [0.1, 0.15) is 30.2 Å². The van der Waals surface area contributed by atoms with E-state index in [1.54, 1.807) is 36.2 Å². The minimum atomic E-state index is -0.907. The van der Waals surface area contributed by atoms with Crippen LogP contribution in [0.2, 0.25) is 0 Å². The number of imidazole rings is 3. The fourth-order valence-corrected chi connectivity index (χ4v) is 18.6. The number of carbonyl (C=O) groups is 4. The van der Waals surface area contributed by atoms with E-state index in [0.717, 1.165) is 106 Å². The number of nitrogens with one attached hydrogen (secondary N) is 1. The van der Waals surface area contributed by atoms with Crippen molar-refractivity contribution < 1.29 is 33.8 Å². The number of ether oxygens (including phenoxy) is 2. The van der Waals surface area contributed by atoms with Crippen LogP contribution in [-0.4, -0.2) is 175 Å². The molecule has 0 fully saturated rings. The van der Waals surface area contributed by atoms with Crippen molar-refractivity contribution in [2.24, 2.45) is 5.41 Å². The van der Waals surface area contributed by atoms with Crippen LogP contribution in [-0.2, 0) is 28.7 Å². The van der Waals surface area contributed by atoms with Crippen LogP contribution in [0.1, 0.15) is 119 Å². The Labute approximate surface area is 845 Å².